The molecule has 1 aromatic carbocycles. The van der Waals surface area contributed by atoms with Crippen molar-refractivity contribution in [3.63, 3.8) is 0 Å². The lowest BCUT2D eigenvalue weighted by atomic mass is 10.2. The molecule has 0 saturated heterocycles. The zero-order valence-electron chi connectivity index (χ0n) is 11.1. The maximum atomic E-state index is 5.87. The maximum Gasteiger partial charge on any atom is 0.235 e. The van der Waals surface area contributed by atoms with Crippen LogP contribution in [0.15, 0.2) is 52.3 Å². The Morgan fingerprint density at radius 1 is 1.05 bits per heavy atom. The predicted molar refractivity (Wildman–Crippen MR) is 87.2 cm³/mol. The van der Waals surface area contributed by atoms with Crippen molar-refractivity contribution in [3.05, 3.63) is 47.8 Å². The van der Waals surface area contributed by atoms with Gasteiger partial charge in [-0.05, 0) is 23.6 Å². The van der Waals surface area contributed by atoms with E-state index >= 15 is 0 Å². The van der Waals surface area contributed by atoms with Gasteiger partial charge >= 0.3 is 0 Å². The highest BCUT2D eigenvalue weighted by Gasteiger charge is 2.17. The molecule has 22 heavy (non-hydrogen) atoms. The standard InChI is InChI=1S/C15H8N4OS2/c1-2-5-10-9(4-1)8-11(20-10)14-18-19-13(12-6-3-7-21-12)16-17-15(19)22-14/h1-8H. The second-order valence-electron chi connectivity index (χ2n) is 4.75. The van der Waals surface area contributed by atoms with E-state index < -0.39 is 0 Å². The predicted octanol–water partition coefficient (Wildman–Crippen LogP) is 4.33. The van der Waals surface area contributed by atoms with Crippen LogP contribution < -0.4 is 0 Å². The molecule has 0 unspecified atom stereocenters. The lowest BCUT2D eigenvalue weighted by molar-refractivity contribution is 0.629. The fourth-order valence-electron chi connectivity index (χ4n) is 2.36. The van der Waals surface area contributed by atoms with Crippen LogP contribution in [0.2, 0.25) is 0 Å². The third-order valence-corrected chi connectivity index (χ3v) is 5.15. The Morgan fingerprint density at radius 2 is 2.00 bits per heavy atom. The molecule has 0 aliphatic carbocycles. The molecule has 5 rings (SSSR count). The van der Waals surface area contributed by atoms with Gasteiger partial charge in [-0.2, -0.15) is 4.52 Å². The minimum Gasteiger partial charge on any atom is -0.453 e. The fraction of sp³-hybridized carbons (Fsp3) is 0. The normalized spacial score (nSPS) is 11.6. The largest absolute Gasteiger partial charge is 0.453 e. The van der Waals surface area contributed by atoms with Crippen molar-refractivity contribution in [3.8, 4) is 21.5 Å². The summed E-state index contributed by atoms with van der Waals surface area (Å²) in [4.78, 5) is 1.81. The smallest absolute Gasteiger partial charge is 0.235 e. The number of aromatic nitrogens is 4. The van der Waals surface area contributed by atoms with E-state index in [1.54, 1.807) is 15.9 Å². The van der Waals surface area contributed by atoms with Crippen molar-refractivity contribution >= 4 is 38.6 Å². The van der Waals surface area contributed by atoms with Crippen LogP contribution in [-0.4, -0.2) is 19.8 Å². The molecule has 5 nitrogen and oxygen atoms in total. The summed E-state index contributed by atoms with van der Waals surface area (Å²) in [6.45, 7) is 0. The third-order valence-electron chi connectivity index (χ3n) is 3.37. The van der Waals surface area contributed by atoms with Gasteiger partial charge in [0.05, 0.1) is 4.88 Å². The summed E-state index contributed by atoms with van der Waals surface area (Å²) in [5, 5.41) is 16.9. The maximum absolute atomic E-state index is 5.87. The molecule has 0 amide bonds. The zero-order chi connectivity index (χ0) is 14.5. The molecule has 0 fully saturated rings. The molecule has 0 saturated carbocycles. The first kappa shape index (κ1) is 12.1. The average molecular weight is 324 g/mol. The highest BCUT2D eigenvalue weighted by Crippen LogP contribution is 2.32. The summed E-state index contributed by atoms with van der Waals surface area (Å²) >= 11 is 3.10. The Morgan fingerprint density at radius 3 is 2.86 bits per heavy atom. The second kappa shape index (κ2) is 4.49. The molecule has 0 radical (unpaired) electrons. The van der Waals surface area contributed by atoms with Crippen molar-refractivity contribution in [1.29, 1.82) is 0 Å². The van der Waals surface area contributed by atoms with Crippen LogP contribution in [0.1, 0.15) is 0 Å². The minimum atomic E-state index is 0.758. The van der Waals surface area contributed by atoms with E-state index in [-0.39, 0.29) is 0 Å². The van der Waals surface area contributed by atoms with Crippen LogP contribution in [0.3, 0.4) is 0 Å². The molecule has 7 heteroatoms. The van der Waals surface area contributed by atoms with Crippen molar-refractivity contribution < 1.29 is 4.42 Å². The molecule has 0 spiro atoms. The first-order chi connectivity index (χ1) is 10.9. The number of nitrogens with zero attached hydrogens (tertiary/aromatic N) is 4. The van der Waals surface area contributed by atoms with Crippen molar-refractivity contribution in [2.45, 2.75) is 0 Å². The Labute approximate surface area is 132 Å². The summed E-state index contributed by atoms with van der Waals surface area (Å²) < 4.78 is 7.65. The number of hydrogen-bond donors (Lipinski definition) is 0. The quantitative estimate of drug-likeness (QED) is 0.485. The molecular formula is C15H8N4OS2. The molecule has 5 aromatic rings. The molecule has 0 aliphatic heterocycles. The summed E-state index contributed by atoms with van der Waals surface area (Å²) in [5.41, 5.74) is 0.863. The Balaban J connectivity index is 1.69. The van der Waals surface area contributed by atoms with Crippen LogP contribution in [0.25, 0.3) is 37.4 Å². The van der Waals surface area contributed by atoms with Crippen LogP contribution in [-0.2, 0) is 0 Å². The Bertz CT molecular complexity index is 1050. The molecule has 4 heterocycles. The van der Waals surface area contributed by atoms with Gasteiger partial charge in [0.1, 0.15) is 5.58 Å². The fourth-order valence-corrected chi connectivity index (χ4v) is 3.85. The van der Waals surface area contributed by atoms with Crippen LogP contribution in [0.5, 0.6) is 0 Å². The Hall–Kier alpha value is -2.51. The topological polar surface area (TPSA) is 56.2 Å². The molecule has 4 aromatic heterocycles. The van der Waals surface area contributed by atoms with Crippen LogP contribution in [0.4, 0.5) is 0 Å². The number of benzene rings is 1. The highest BCUT2D eigenvalue weighted by atomic mass is 32.1. The number of hydrogen-bond acceptors (Lipinski definition) is 6. The van der Waals surface area contributed by atoms with Crippen LogP contribution >= 0.6 is 22.7 Å². The van der Waals surface area contributed by atoms with Crippen molar-refractivity contribution in [2.24, 2.45) is 0 Å². The van der Waals surface area contributed by atoms with E-state index in [1.807, 2.05) is 47.8 Å². The molecule has 0 aliphatic rings. The second-order valence-corrected chi connectivity index (χ2v) is 6.65. The lowest BCUT2D eigenvalue weighted by Gasteiger charge is -1.90. The summed E-state index contributed by atoms with van der Waals surface area (Å²) in [7, 11) is 0. The molecular weight excluding hydrogens is 316 g/mol. The van der Waals surface area contributed by atoms with E-state index in [9.17, 15) is 0 Å². The zero-order valence-corrected chi connectivity index (χ0v) is 12.8. The molecule has 0 atom stereocenters. The number of para-hydroxylation sites is 1. The van der Waals surface area contributed by atoms with E-state index in [4.69, 9.17) is 4.42 Å². The third kappa shape index (κ3) is 1.73. The van der Waals surface area contributed by atoms with E-state index in [0.29, 0.717) is 0 Å². The van der Waals surface area contributed by atoms with Crippen molar-refractivity contribution in [2.75, 3.05) is 0 Å². The van der Waals surface area contributed by atoms with Gasteiger partial charge < -0.3 is 4.42 Å². The van der Waals surface area contributed by atoms with Gasteiger partial charge in [0.25, 0.3) is 0 Å². The van der Waals surface area contributed by atoms with E-state index in [0.717, 1.165) is 37.4 Å². The summed E-state index contributed by atoms with van der Waals surface area (Å²) in [5.74, 6) is 1.53. The number of fused-ring (bicyclic) bond motifs is 2. The van der Waals surface area contributed by atoms with Gasteiger partial charge in [-0.15, -0.1) is 26.6 Å². The van der Waals surface area contributed by atoms with Gasteiger partial charge in [-0.25, -0.2) is 0 Å². The van der Waals surface area contributed by atoms with E-state index in [2.05, 4.69) is 15.3 Å². The van der Waals surface area contributed by atoms with E-state index in [1.165, 1.54) is 11.3 Å². The average Bonchev–Trinajstić information content (AvgIpc) is 3.28. The summed E-state index contributed by atoms with van der Waals surface area (Å²) in [6.07, 6.45) is 0. The van der Waals surface area contributed by atoms with Gasteiger partial charge in [0.15, 0.2) is 16.6 Å². The van der Waals surface area contributed by atoms with Crippen molar-refractivity contribution in [1.82, 2.24) is 19.8 Å². The number of rotatable bonds is 2. The van der Waals surface area contributed by atoms with Crippen LogP contribution in [0, 0.1) is 0 Å². The molecule has 0 N–H and O–H groups in total. The molecule has 0 bridgehead atoms. The van der Waals surface area contributed by atoms with Gasteiger partial charge in [0, 0.05) is 5.39 Å². The first-order valence-corrected chi connectivity index (χ1v) is 8.33. The monoisotopic (exact) mass is 324 g/mol. The van der Waals surface area contributed by atoms with Gasteiger partial charge in [0.2, 0.25) is 4.96 Å². The Kier molecular flexibility index (Phi) is 2.46. The van der Waals surface area contributed by atoms with Gasteiger partial charge in [-0.3, -0.25) is 0 Å². The number of furan rings is 1. The number of thiophene rings is 1. The minimum absolute atomic E-state index is 0.758. The lowest BCUT2D eigenvalue weighted by Crippen LogP contribution is -1.88. The summed E-state index contributed by atoms with van der Waals surface area (Å²) in [6, 6.07) is 14.0. The van der Waals surface area contributed by atoms with Gasteiger partial charge in [-0.1, -0.05) is 35.6 Å². The molecule has 106 valence electrons. The first-order valence-electron chi connectivity index (χ1n) is 6.63. The SMILES string of the molecule is c1csc(-c2nnc3sc(-c4cc5ccccc5o4)nn23)c1. The highest BCUT2D eigenvalue weighted by molar-refractivity contribution is 7.19.